The molecule has 4 aromatic heterocycles. The minimum atomic E-state index is -0.124. The Hall–Kier alpha value is -7.83. The van der Waals surface area contributed by atoms with Crippen molar-refractivity contribution in [2.24, 2.45) is 0 Å². The Labute approximate surface area is 344 Å². The first-order chi connectivity index (χ1) is 29.5. The zero-order valence-corrected chi connectivity index (χ0v) is 32.8. The summed E-state index contributed by atoms with van der Waals surface area (Å²) < 4.78 is 15.2. The first-order valence-electron chi connectivity index (χ1n) is 20.3. The number of aromatic nitrogens is 4. The topological polar surface area (TPSA) is 69.9 Å². The lowest BCUT2D eigenvalue weighted by Gasteiger charge is -2.21. The lowest BCUT2D eigenvalue weighted by molar-refractivity contribution is 0.661. The summed E-state index contributed by atoms with van der Waals surface area (Å²) >= 11 is 0. The van der Waals surface area contributed by atoms with E-state index in [1.54, 1.807) is 0 Å². The van der Waals surface area contributed by atoms with Gasteiger partial charge in [0.25, 0.3) is 0 Å². The fraction of sp³-hybridized carbons (Fsp3) is 0.0556. The Balaban J connectivity index is 1.03. The summed E-state index contributed by atoms with van der Waals surface area (Å²) in [6, 6.07) is 59.5. The van der Waals surface area contributed by atoms with Crippen LogP contribution in [0.2, 0.25) is 0 Å². The fourth-order valence-electron chi connectivity index (χ4n) is 9.79. The molecular formula is C54H34N4O2. The Morgan fingerprint density at radius 1 is 0.400 bits per heavy atom. The van der Waals surface area contributed by atoms with Gasteiger partial charge in [0.05, 0.1) is 11.0 Å². The van der Waals surface area contributed by atoms with E-state index in [1.165, 1.54) is 38.5 Å². The Morgan fingerprint density at radius 2 is 1.07 bits per heavy atom. The fourth-order valence-corrected chi connectivity index (χ4v) is 9.79. The quantitative estimate of drug-likeness (QED) is 0.178. The van der Waals surface area contributed by atoms with Gasteiger partial charge in [-0.25, -0.2) is 15.0 Å². The number of rotatable bonds is 4. The third-order valence-corrected chi connectivity index (χ3v) is 12.7. The van der Waals surface area contributed by atoms with Gasteiger partial charge in [-0.05, 0) is 89.0 Å². The lowest BCUT2D eigenvalue weighted by Crippen LogP contribution is -2.14. The van der Waals surface area contributed by atoms with E-state index in [4.69, 9.17) is 23.8 Å². The van der Waals surface area contributed by atoms with E-state index in [1.807, 2.05) is 72.8 Å². The molecule has 0 atom stereocenters. The van der Waals surface area contributed by atoms with Crippen LogP contribution in [-0.2, 0) is 5.41 Å². The van der Waals surface area contributed by atoms with Gasteiger partial charge in [-0.1, -0.05) is 117 Å². The average Bonchev–Trinajstić information content (AvgIpc) is 4.02. The molecule has 0 amide bonds. The SMILES string of the molecule is CC1(C)c2ccccc2-c2cc3c4ccccc4n(-c4ccc5oc6cccc(-c7nc(-c8ccccc8)nc(-c8ccc9oc%10ccccc%10c9c8)n7)c6c5c4)c3cc21. The van der Waals surface area contributed by atoms with Crippen LogP contribution < -0.4 is 0 Å². The van der Waals surface area contributed by atoms with Crippen molar-refractivity contribution in [3.63, 3.8) is 0 Å². The van der Waals surface area contributed by atoms with Crippen LogP contribution in [-0.4, -0.2) is 19.5 Å². The normalized spacial score (nSPS) is 13.3. The van der Waals surface area contributed by atoms with E-state index in [9.17, 15) is 0 Å². The van der Waals surface area contributed by atoms with Gasteiger partial charge in [-0.15, -0.1) is 0 Å². The maximum Gasteiger partial charge on any atom is 0.164 e. The van der Waals surface area contributed by atoms with Crippen molar-refractivity contribution >= 4 is 65.7 Å². The van der Waals surface area contributed by atoms with E-state index >= 15 is 0 Å². The van der Waals surface area contributed by atoms with Crippen molar-refractivity contribution in [1.82, 2.24) is 19.5 Å². The van der Waals surface area contributed by atoms with E-state index < -0.39 is 0 Å². The first kappa shape index (κ1) is 33.2. The van der Waals surface area contributed by atoms with Crippen LogP contribution in [0.3, 0.4) is 0 Å². The summed E-state index contributed by atoms with van der Waals surface area (Å²) in [5, 5.41) is 6.49. The summed E-state index contributed by atoms with van der Waals surface area (Å²) in [6.07, 6.45) is 0. The van der Waals surface area contributed by atoms with E-state index in [0.717, 1.165) is 71.8 Å². The zero-order chi connectivity index (χ0) is 39.7. The van der Waals surface area contributed by atoms with Crippen LogP contribution in [0.25, 0.3) is 117 Å². The number of para-hydroxylation sites is 2. The molecule has 13 rings (SSSR count). The van der Waals surface area contributed by atoms with Crippen LogP contribution in [0.1, 0.15) is 25.0 Å². The molecule has 4 heterocycles. The molecule has 0 N–H and O–H groups in total. The van der Waals surface area contributed by atoms with Gasteiger partial charge in [0.2, 0.25) is 0 Å². The first-order valence-corrected chi connectivity index (χ1v) is 20.3. The molecule has 1 aliphatic rings. The van der Waals surface area contributed by atoms with Crippen LogP contribution in [0.5, 0.6) is 0 Å². The molecule has 0 unspecified atom stereocenters. The second-order valence-corrected chi connectivity index (χ2v) is 16.4. The lowest BCUT2D eigenvalue weighted by atomic mass is 9.82. The number of nitrogens with zero attached hydrogens (tertiary/aromatic N) is 4. The van der Waals surface area contributed by atoms with Crippen LogP contribution in [0.4, 0.5) is 0 Å². The monoisotopic (exact) mass is 770 g/mol. The highest BCUT2D eigenvalue weighted by Gasteiger charge is 2.36. The summed E-state index contributed by atoms with van der Waals surface area (Å²) in [5.41, 5.74) is 14.5. The molecule has 0 saturated carbocycles. The Bertz CT molecular complexity index is 3760. The molecule has 282 valence electrons. The molecule has 8 aromatic carbocycles. The highest BCUT2D eigenvalue weighted by Crippen LogP contribution is 2.51. The Kier molecular flexibility index (Phi) is 6.69. The molecule has 0 radical (unpaired) electrons. The highest BCUT2D eigenvalue weighted by atomic mass is 16.3. The van der Waals surface area contributed by atoms with Crippen molar-refractivity contribution in [2.45, 2.75) is 19.3 Å². The number of hydrogen-bond donors (Lipinski definition) is 0. The molecule has 6 heteroatoms. The van der Waals surface area contributed by atoms with Crippen LogP contribution in [0, 0.1) is 0 Å². The predicted octanol–water partition coefficient (Wildman–Crippen LogP) is 14.1. The van der Waals surface area contributed by atoms with Gasteiger partial charge in [-0.2, -0.15) is 0 Å². The molecule has 0 fully saturated rings. The molecule has 0 bridgehead atoms. The number of benzene rings is 8. The van der Waals surface area contributed by atoms with Gasteiger partial charge in [0.1, 0.15) is 22.3 Å². The van der Waals surface area contributed by atoms with Gasteiger partial charge < -0.3 is 13.4 Å². The van der Waals surface area contributed by atoms with Gasteiger partial charge in [0, 0.05) is 60.1 Å². The van der Waals surface area contributed by atoms with Crippen molar-refractivity contribution in [2.75, 3.05) is 0 Å². The second-order valence-electron chi connectivity index (χ2n) is 16.4. The number of fused-ring (bicyclic) bond motifs is 12. The third kappa shape index (κ3) is 4.67. The van der Waals surface area contributed by atoms with Crippen molar-refractivity contribution in [1.29, 1.82) is 0 Å². The van der Waals surface area contributed by atoms with Gasteiger partial charge in [0.15, 0.2) is 17.5 Å². The molecule has 1 aliphatic carbocycles. The zero-order valence-electron chi connectivity index (χ0n) is 32.8. The minimum Gasteiger partial charge on any atom is -0.456 e. The molecule has 0 spiro atoms. The molecule has 0 aliphatic heterocycles. The van der Waals surface area contributed by atoms with E-state index in [-0.39, 0.29) is 5.41 Å². The van der Waals surface area contributed by atoms with E-state index in [0.29, 0.717) is 17.5 Å². The van der Waals surface area contributed by atoms with Crippen molar-refractivity contribution in [3.05, 3.63) is 181 Å². The van der Waals surface area contributed by atoms with E-state index in [2.05, 4.69) is 115 Å². The summed E-state index contributed by atoms with van der Waals surface area (Å²) in [7, 11) is 0. The number of furan rings is 2. The van der Waals surface area contributed by atoms with Gasteiger partial charge >= 0.3 is 0 Å². The molecule has 0 saturated heterocycles. The predicted molar refractivity (Wildman–Crippen MR) is 243 cm³/mol. The van der Waals surface area contributed by atoms with Crippen LogP contribution in [0.15, 0.2) is 179 Å². The second kappa shape index (κ2) is 12.1. The molecule has 60 heavy (non-hydrogen) atoms. The van der Waals surface area contributed by atoms with Gasteiger partial charge in [-0.3, -0.25) is 0 Å². The Morgan fingerprint density at radius 3 is 1.97 bits per heavy atom. The van der Waals surface area contributed by atoms with Crippen molar-refractivity contribution < 1.29 is 8.83 Å². The molecule has 12 aromatic rings. The summed E-state index contributed by atoms with van der Waals surface area (Å²) in [4.78, 5) is 15.5. The van der Waals surface area contributed by atoms with Crippen LogP contribution >= 0.6 is 0 Å². The highest BCUT2D eigenvalue weighted by molar-refractivity contribution is 6.14. The number of hydrogen-bond acceptors (Lipinski definition) is 5. The third-order valence-electron chi connectivity index (χ3n) is 12.7. The molecule has 6 nitrogen and oxygen atoms in total. The molecular weight excluding hydrogens is 737 g/mol. The maximum atomic E-state index is 6.60. The minimum absolute atomic E-state index is 0.124. The van der Waals surface area contributed by atoms with Crippen molar-refractivity contribution in [3.8, 4) is 51.0 Å². The maximum absolute atomic E-state index is 6.60. The smallest absolute Gasteiger partial charge is 0.164 e. The summed E-state index contributed by atoms with van der Waals surface area (Å²) in [6.45, 7) is 4.69. The standard InChI is InChI=1S/C54H34N4O2/c1-54(2)42-19-9-6-15-34(42)38-29-39-35-16-7-10-20-44(35)58(45(39)30-43(38)54)33-24-26-48-41(28-33)50-37(18-12-22-49(50)60-48)53-56-51(31-13-4-3-5-14-31)55-52(57-53)32-23-25-47-40(27-32)36-17-8-11-21-46(36)59-47/h3-30H,1-2H3. The summed E-state index contributed by atoms with van der Waals surface area (Å²) in [5.74, 6) is 1.75. The largest absolute Gasteiger partial charge is 0.456 e. The average molecular weight is 771 g/mol.